The van der Waals surface area contributed by atoms with Gasteiger partial charge in [-0.15, -0.1) is 24.0 Å². The average molecular weight is 542 g/mol. The van der Waals surface area contributed by atoms with Gasteiger partial charge in [0.05, 0.1) is 18.1 Å². The van der Waals surface area contributed by atoms with Crippen LogP contribution in [0.25, 0.3) is 0 Å². The molecule has 10 heteroatoms. The van der Waals surface area contributed by atoms with Crippen LogP contribution in [0.15, 0.2) is 34.2 Å². The fourth-order valence-electron chi connectivity index (χ4n) is 2.25. The van der Waals surface area contributed by atoms with Gasteiger partial charge in [-0.3, -0.25) is 4.99 Å². The molecule has 1 aromatic carbocycles. The maximum absolute atomic E-state index is 12.3. The number of hydrogen-bond donors (Lipinski definition) is 3. The van der Waals surface area contributed by atoms with E-state index >= 15 is 0 Å². The molecule has 0 aliphatic rings. The minimum absolute atomic E-state index is 0. The van der Waals surface area contributed by atoms with E-state index in [1.807, 2.05) is 6.07 Å². The van der Waals surface area contributed by atoms with Crippen molar-refractivity contribution in [3.05, 3.63) is 29.8 Å². The van der Waals surface area contributed by atoms with Crippen LogP contribution >= 0.6 is 24.0 Å². The van der Waals surface area contributed by atoms with Crippen molar-refractivity contribution in [2.24, 2.45) is 10.9 Å². The largest absolute Gasteiger partial charge is 0.383 e. The first-order chi connectivity index (χ1) is 13.4. The normalized spacial score (nSPS) is 12.0. The van der Waals surface area contributed by atoms with Gasteiger partial charge in [0.2, 0.25) is 10.0 Å². The molecule has 0 aliphatic carbocycles. The van der Waals surface area contributed by atoms with Crippen molar-refractivity contribution in [1.29, 1.82) is 0 Å². The highest BCUT2D eigenvalue weighted by Gasteiger charge is 2.13. The van der Waals surface area contributed by atoms with Crippen LogP contribution in [0.2, 0.25) is 0 Å². The second-order valence-electron chi connectivity index (χ2n) is 6.69. The number of halogens is 1. The number of hydrogen-bond acceptors (Lipinski definition) is 5. The molecule has 8 nitrogen and oxygen atoms in total. The standard InChI is InChI=1S/C19H34N4O4S.HI/c1-16(2)8-11-27-13-9-21-19(20-3)22-15-17-6-5-7-18(14-17)28(24,25)23-10-12-26-4;/h5-7,14,16,23H,8-13,15H2,1-4H3,(H2,20,21,22);1H. The van der Waals surface area contributed by atoms with Gasteiger partial charge in [0.15, 0.2) is 5.96 Å². The van der Waals surface area contributed by atoms with Gasteiger partial charge in [-0.1, -0.05) is 26.0 Å². The smallest absolute Gasteiger partial charge is 0.240 e. The molecule has 0 aromatic heterocycles. The molecular formula is C19H35IN4O4S. The molecule has 0 saturated carbocycles. The molecule has 0 bridgehead atoms. The SMILES string of the molecule is CN=C(NCCOCCC(C)C)NCc1cccc(S(=O)(=O)NCCOC)c1.I. The van der Waals surface area contributed by atoms with E-state index in [9.17, 15) is 8.42 Å². The van der Waals surface area contributed by atoms with E-state index in [2.05, 4.69) is 34.2 Å². The number of sulfonamides is 1. The Morgan fingerprint density at radius 3 is 2.55 bits per heavy atom. The lowest BCUT2D eigenvalue weighted by atomic mass is 10.1. The van der Waals surface area contributed by atoms with Crippen molar-refractivity contribution in [2.45, 2.75) is 31.7 Å². The Hall–Kier alpha value is -0.950. The summed E-state index contributed by atoms with van der Waals surface area (Å²) in [7, 11) is -0.332. The van der Waals surface area contributed by atoms with Crippen molar-refractivity contribution < 1.29 is 17.9 Å². The van der Waals surface area contributed by atoms with Gasteiger partial charge in [-0.05, 0) is 30.0 Å². The summed E-state index contributed by atoms with van der Waals surface area (Å²) < 4.78 is 37.5. The molecule has 0 radical (unpaired) electrons. The lowest BCUT2D eigenvalue weighted by Crippen LogP contribution is -2.38. The lowest BCUT2D eigenvalue weighted by molar-refractivity contribution is 0.128. The molecule has 0 fully saturated rings. The van der Waals surface area contributed by atoms with E-state index in [1.165, 1.54) is 7.11 Å². The molecule has 0 aliphatic heterocycles. The van der Waals surface area contributed by atoms with Crippen LogP contribution in [0.1, 0.15) is 25.8 Å². The Bertz CT molecular complexity index is 699. The summed E-state index contributed by atoms with van der Waals surface area (Å²) in [6, 6.07) is 6.80. The van der Waals surface area contributed by atoms with Crippen molar-refractivity contribution in [3.8, 4) is 0 Å². The third kappa shape index (κ3) is 12.4. The Morgan fingerprint density at radius 2 is 1.90 bits per heavy atom. The van der Waals surface area contributed by atoms with Crippen molar-refractivity contribution in [2.75, 3.05) is 47.1 Å². The Kier molecular flexibility index (Phi) is 15.3. The van der Waals surface area contributed by atoms with Crippen molar-refractivity contribution >= 4 is 40.0 Å². The molecule has 0 spiro atoms. The molecule has 0 amide bonds. The predicted molar refractivity (Wildman–Crippen MR) is 127 cm³/mol. The fourth-order valence-corrected chi connectivity index (χ4v) is 3.34. The monoisotopic (exact) mass is 542 g/mol. The maximum Gasteiger partial charge on any atom is 0.240 e. The summed E-state index contributed by atoms with van der Waals surface area (Å²) in [5, 5.41) is 6.35. The molecule has 0 saturated heterocycles. The first-order valence-electron chi connectivity index (χ1n) is 9.49. The minimum atomic E-state index is -3.55. The topological polar surface area (TPSA) is 101 Å². The van der Waals surface area contributed by atoms with Crippen LogP contribution in [0.3, 0.4) is 0 Å². The molecule has 0 unspecified atom stereocenters. The highest BCUT2D eigenvalue weighted by atomic mass is 127. The Balaban J connectivity index is 0.00000784. The van der Waals surface area contributed by atoms with E-state index in [4.69, 9.17) is 9.47 Å². The first kappa shape index (κ1) is 28.1. The second kappa shape index (κ2) is 15.8. The number of guanidine groups is 1. The van der Waals surface area contributed by atoms with Crippen molar-refractivity contribution in [3.63, 3.8) is 0 Å². The Labute approximate surface area is 192 Å². The molecule has 29 heavy (non-hydrogen) atoms. The highest BCUT2D eigenvalue weighted by Crippen LogP contribution is 2.11. The summed E-state index contributed by atoms with van der Waals surface area (Å²) in [4.78, 5) is 4.39. The van der Waals surface area contributed by atoms with Crippen LogP contribution in [0.5, 0.6) is 0 Å². The molecule has 3 N–H and O–H groups in total. The minimum Gasteiger partial charge on any atom is -0.383 e. The van der Waals surface area contributed by atoms with Crippen molar-refractivity contribution in [1.82, 2.24) is 15.4 Å². The molecule has 1 rings (SSSR count). The summed E-state index contributed by atoms with van der Waals surface area (Å²) >= 11 is 0. The molecule has 168 valence electrons. The number of methoxy groups -OCH3 is 1. The summed E-state index contributed by atoms with van der Waals surface area (Å²) in [5.74, 6) is 1.27. The van der Waals surface area contributed by atoms with Gasteiger partial charge in [0.1, 0.15) is 0 Å². The molecule has 0 atom stereocenters. The van der Waals surface area contributed by atoms with Gasteiger partial charge < -0.3 is 20.1 Å². The Morgan fingerprint density at radius 1 is 1.14 bits per heavy atom. The van der Waals surface area contributed by atoms with E-state index in [0.29, 0.717) is 38.2 Å². The van der Waals surface area contributed by atoms with E-state index < -0.39 is 10.0 Å². The van der Waals surface area contributed by atoms with Gasteiger partial charge in [-0.25, -0.2) is 13.1 Å². The number of ether oxygens (including phenoxy) is 2. The summed E-state index contributed by atoms with van der Waals surface area (Å²) in [6.07, 6.45) is 1.05. The fraction of sp³-hybridized carbons (Fsp3) is 0.632. The average Bonchev–Trinajstić information content (AvgIpc) is 2.67. The predicted octanol–water partition coefficient (Wildman–Crippen LogP) is 1.96. The first-order valence-corrected chi connectivity index (χ1v) is 11.0. The summed E-state index contributed by atoms with van der Waals surface area (Å²) in [6.45, 7) is 7.36. The van der Waals surface area contributed by atoms with E-state index in [0.717, 1.165) is 18.6 Å². The van der Waals surface area contributed by atoms with Crippen LogP contribution in [0, 0.1) is 5.92 Å². The zero-order valence-electron chi connectivity index (χ0n) is 17.7. The third-order valence-corrected chi connectivity index (χ3v) is 5.33. The number of nitrogens with one attached hydrogen (secondary N) is 3. The number of benzene rings is 1. The quantitative estimate of drug-likeness (QED) is 0.153. The number of rotatable bonds is 13. The van der Waals surface area contributed by atoms with Gasteiger partial charge in [0.25, 0.3) is 0 Å². The highest BCUT2D eigenvalue weighted by molar-refractivity contribution is 14.0. The zero-order chi connectivity index (χ0) is 20.8. The van der Waals surface area contributed by atoms with Crippen LogP contribution in [-0.4, -0.2) is 61.4 Å². The number of aliphatic imine (C=N–C) groups is 1. The lowest BCUT2D eigenvalue weighted by Gasteiger charge is -2.13. The third-order valence-electron chi connectivity index (χ3n) is 3.87. The van der Waals surface area contributed by atoms with Gasteiger partial charge >= 0.3 is 0 Å². The van der Waals surface area contributed by atoms with Crippen LogP contribution in [-0.2, 0) is 26.0 Å². The van der Waals surface area contributed by atoms with Crippen LogP contribution in [0.4, 0.5) is 0 Å². The van der Waals surface area contributed by atoms with Gasteiger partial charge in [0, 0.05) is 40.4 Å². The molecule has 1 aromatic rings. The van der Waals surface area contributed by atoms with E-state index in [1.54, 1.807) is 25.2 Å². The summed E-state index contributed by atoms with van der Waals surface area (Å²) in [5.41, 5.74) is 0.839. The molecule has 0 heterocycles. The van der Waals surface area contributed by atoms with Crippen LogP contribution < -0.4 is 15.4 Å². The maximum atomic E-state index is 12.3. The molecular weight excluding hydrogens is 507 g/mol. The van der Waals surface area contributed by atoms with E-state index in [-0.39, 0.29) is 35.4 Å². The second-order valence-corrected chi connectivity index (χ2v) is 8.45. The number of nitrogens with zero attached hydrogens (tertiary/aromatic N) is 1. The van der Waals surface area contributed by atoms with Gasteiger partial charge in [-0.2, -0.15) is 0 Å². The zero-order valence-corrected chi connectivity index (χ0v) is 20.9.